The van der Waals surface area contributed by atoms with Crippen LogP contribution in [0.3, 0.4) is 0 Å². The van der Waals surface area contributed by atoms with Crippen molar-refractivity contribution in [2.75, 3.05) is 31.1 Å². The minimum Gasteiger partial charge on any atom is -0.444 e. The summed E-state index contributed by atoms with van der Waals surface area (Å²) in [6.07, 6.45) is 2.92. The molecule has 8 nitrogen and oxygen atoms in total. The van der Waals surface area contributed by atoms with Gasteiger partial charge in [0.25, 0.3) is 0 Å². The molecule has 1 aromatic heterocycles. The van der Waals surface area contributed by atoms with Crippen LogP contribution in [0.5, 0.6) is 0 Å². The number of amides is 2. The van der Waals surface area contributed by atoms with Gasteiger partial charge in [-0.15, -0.1) is 0 Å². The van der Waals surface area contributed by atoms with Crippen LogP contribution in [0.4, 0.5) is 10.6 Å². The molecule has 3 aliphatic heterocycles. The van der Waals surface area contributed by atoms with Crippen LogP contribution in [0.1, 0.15) is 58.7 Å². The second kappa shape index (κ2) is 6.86. The molecule has 4 fully saturated rings. The second-order valence-electron chi connectivity index (χ2n) is 10.9. The Kier molecular flexibility index (Phi) is 4.67. The van der Waals surface area contributed by atoms with E-state index in [0.29, 0.717) is 18.1 Å². The van der Waals surface area contributed by atoms with Crippen LogP contribution in [0, 0.1) is 12.3 Å². The fourth-order valence-corrected chi connectivity index (χ4v) is 6.41. The minimum atomic E-state index is -0.451. The Bertz CT molecular complexity index is 924. The third kappa shape index (κ3) is 3.43. The number of anilines is 1. The number of likely N-dealkylation sites (tertiary alicyclic amines) is 2. The fraction of sp³-hybridized carbons (Fsp3) is 0.773. The Labute approximate surface area is 192 Å². The topological polar surface area (TPSA) is 70.9 Å². The summed E-state index contributed by atoms with van der Waals surface area (Å²) in [7, 11) is 0. The zero-order valence-electron chi connectivity index (χ0n) is 19.0. The van der Waals surface area contributed by atoms with Crippen molar-refractivity contribution in [3.05, 3.63) is 10.2 Å². The van der Waals surface area contributed by atoms with Gasteiger partial charge in [-0.1, -0.05) is 0 Å². The average molecular weight is 494 g/mol. The van der Waals surface area contributed by atoms with Gasteiger partial charge in [0.15, 0.2) is 5.82 Å². The smallest absolute Gasteiger partial charge is 0.410 e. The van der Waals surface area contributed by atoms with E-state index in [4.69, 9.17) is 9.84 Å². The Morgan fingerprint density at radius 3 is 2.35 bits per heavy atom. The summed E-state index contributed by atoms with van der Waals surface area (Å²) in [5.74, 6) is 1.19. The van der Waals surface area contributed by atoms with Crippen molar-refractivity contribution in [1.29, 1.82) is 0 Å². The monoisotopic (exact) mass is 493 g/mol. The molecular weight excluding hydrogens is 462 g/mol. The number of nitrogens with zero attached hydrogens (tertiary/aromatic N) is 5. The first-order valence-electron chi connectivity index (χ1n) is 11.2. The zero-order chi connectivity index (χ0) is 22.3. The maximum Gasteiger partial charge on any atom is 0.410 e. The quantitative estimate of drug-likeness (QED) is 0.631. The van der Waals surface area contributed by atoms with Crippen LogP contribution in [0.25, 0.3) is 0 Å². The predicted octanol–water partition coefficient (Wildman–Crippen LogP) is 3.34. The van der Waals surface area contributed by atoms with Crippen LogP contribution in [0.15, 0.2) is 4.47 Å². The van der Waals surface area contributed by atoms with Crippen LogP contribution in [-0.4, -0.2) is 75.4 Å². The van der Waals surface area contributed by atoms with E-state index in [9.17, 15) is 9.59 Å². The van der Waals surface area contributed by atoms with Gasteiger partial charge in [-0.05, 0) is 62.9 Å². The predicted molar refractivity (Wildman–Crippen MR) is 120 cm³/mol. The Balaban J connectivity index is 1.22. The van der Waals surface area contributed by atoms with Gasteiger partial charge in [-0.2, -0.15) is 5.10 Å². The van der Waals surface area contributed by atoms with Gasteiger partial charge in [0, 0.05) is 38.5 Å². The average Bonchev–Trinajstić information content (AvgIpc) is 3.26. The highest BCUT2D eigenvalue weighted by molar-refractivity contribution is 9.10. The van der Waals surface area contributed by atoms with Crippen molar-refractivity contribution < 1.29 is 14.3 Å². The van der Waals surface area contributed by atoms with Crippen molar-refractivity contribution in [2.45, 2.75) is 77.6 Å². The molecule has 1 saturated carbocycles. The summed E-state index contributed by atoms with van der Waals surface area (Å²) in [6.45, 7) is 12.7. The van der Waals surface area contributed by atoms with E-state index in [2.05, 4.69) is 32.4 Å². The number of rotatable bonds is 2. The lowest BCUT2D eigenvalue weighted by Crippen LogP contribution is -2.64. The van der Waals surface area contributed by atoms with Gasteiger partial charge >= 0.3 is 6.09 Å². The summed E-state index contributed by atoms with van der Waals surface area (Å²) in [4.78, 5) is 30.3. The molecule has 170 valence electrons. The normalized spacial score (nSPS) is 27.0. The van der Waals surface area contributed by atoms with Crippen molar-refractivity contribution in [3.8, 4) is 0 Å². The molecule has 4 aliphatic rings. The standard InChI is InChI=1S/C22H32BrN5O3/c1-13-18(23)19(27-10-15-6-16(27)9-26(15)14(2)29)24-28(13)17-7-22(8-17)11-25(12-22)20(30)31-21(3,4)5/h15-17H,6-12H2,1-5H3. The summed E-state index contributed by atoms with van der Waals surface area (Å²) in [5, 5.41) is 5.02. The van der Waals surface area contributed by atoms with E-state index in [-0.39, 0.29) is 17.4 Å². The number of carbonyl (C=O) groups excluding carboxylic acids is 2. The van der Waals surface area contributed by atoms with Gasteiger partial charge in [0.1, 0.15) is 5.60 Å². The largest absolute Gasteiger partial charge is 0.444 e. The molecule has 5 rings (SSSR count). The molecule has 0 radical (unpaired) electrons. The number of fused-ring (bicyclic) bond motifs is 2. The molecule has 1 aromatic rings. The molecule has 4 heterocycles. The fourth-order valence-electron chi connectivity index (χ4n) is 5.92. The first-order valence-corrected chi connectivity index (χ1v) is 12.0. The van der Waals surface area contributed by atoms with E-state index in [0.717, 1.165) is 61.4 Å². The number of piperazine rings is 1. The number of carbonyl (C=O) groups is 2. The minimum absolute atomic E-state index is 0.175. The van der Waals surface area contributed by atoms with Gasteiger partial charge in [-0.25, -0.2) is 4.79 Å². The van der Waals surface area contributed by atoms with Gasteiger partial charge in [-0.3, -0.25) is 9.48 Å². The summed E-state index contributed by atoms with van der Waals surface area (Å²) < 4.78 is 8.73. The summed E-state index contributed by atoms with van der Waals surface area (Å²) >= 11 is 3.79. The van der Waals surface area contributed by atoms with Crippen molar-refractivity contribution in [2.24, 2.45) is 5.41 Å². The lowest BCUT2D eigenvalue weighted by molar-refractivity contribution is -0.129. The molecule has 2 bridgehead atoms. The van der Waals surface area contributed by atoms with Crippen LogP contribution in [0.2, 0.25) is 0 Å². The lowest BCUT2D eigenvalue weighted by atomic mass is 9.61. The molecule has 2 atom stereocenters. The van der Waals surface area contributed by atoms with Crippen LogP contribution in [-0.2, 0) is 9.53 Å². The van der Waals surface area contributed by atoms with E-state index in [1.54, 1.807) is 6.92 Å². The maximum atomic E-state index is 12.2. The first kappa shape index (κ1) is 21.1. The van der Waals surface area contributed by atoms with Gasteiger partial charge in [0.2, 0.25) is 5.91 Å². The Morgan fingerprint density at radius 1 is 1.13 bits per heavy atom. The SMILES string of the molecule is CC(=O)N1CC2CC1CN2c1nn(C2CC3(C2)CN(C(=O)OC(C)(C)C)C3)c(C)c1Br. The first-order chi connectivity index (χ1) is 14.5. The van der Waals surface area contributed by atoms with E-state index < -0.39 is 5.60 Å². The van der Waals surface area contributed by atoms with E-state index in [1.165, 1.54) is 0 Å². The highest BCUT2D eigenvalue weighted by atomic mass is 79.9. The highest BCUT2D eigenvalue weighted by Crippen LogP contribution is 2.55. The molecule has 1 aliphatic carbocycles. The Hall–Kier alpha value is -1.77. The van der Waals surface area contributed by atoms with Crippen LogP contribution < -0.4 is 4.90 Å². The van der Waals surface area contributed by atoms with Gasteiger partial charge in [0.05, 0.1) is 28.3 Å². The molecule has 31 heavy (non-hydrogen) atoms. The molecule has 0 N–H and O–H groups in total. The molecule has 2 amide bonds. The van der Waals surface area contributed by atoms with E-state index >= 15 is 0 Å². The molecule has 2 unspecified atom stereocenters. The lowest BCUT2D eigenvalue weighted by Gasteiger charge is -2.58. The van der Waals surface area contributed by atoms with Gasteiger partial charge < -0.3 is 19.4 Å². The number of hydrogen-bond donors (Lipinski definition) is 0. The second-order valence-corrected chi connectivity index (χ2v) is 11.7. The van der Waals surface area contributed by atoms with Crippen molar-refractivity contribution in [1.82, 2.24) is 19.6 Å². The number of halogens is 1. The van der Waals surface area contributed by atoms with E-state index in [1.807, 2.05) is 30.6 Å². The van der Waals surface area contributed by atoms with Crippen molar-refractivity contribution in [3.63, 3.8) is 0 Å². The van der Waals surface area contributed by atoms with Crippen LogP contribution >= 0.6 is 15.9 Å². The molecule has 3 saturated heterocycles. The Morgan fingerprint density at radius 2 is 1.81 bits per heavy atom. The number of aromatic nitrogens is 2. The molecule has 1 spiro atoms. The summed E-state index contributed by atoms with van der Waals surface area (Å²) in [5.41, 5.74) is 0.929. The molecule has 9 heteroatoms. The third-order valence-corrected chi connectivity index (χ3v) is 8.29. The molecular formula is C22H32BrN5O3. The summed E-state index contributed by atoms with van der Waals surface area (Å²) in [6, 6.07) is 1.04. The van der Waals surface area contributed by atoms with Crippen molar-refractivity contribution >= 4 is 33.7 Å². The zero-order valence-corrected chi connectivity index (χ0v) is 20.6. The molecule has 0 aromatic carbocycles. The third-order valence-electron chi connectivity index (χ3n) is 7.36. The highest BCUT2D eigenvalue weighted by Gasteiger charge is 2.56. The number of ether oxygens (including phenoxy) is 1. The number of hydrogen-bond acceptors (Lipinski definition) is 5. The maximum absolute atomic E-state index is 12.2.